The summed E-state index contributed by atoms with van der Waals surface area (Å²) in [6, 6.07) is 0. The molecule has 0 unspecified atom stereocenters. The maximum absolute atomic E-state index is 5.26. The van der Waals surface area contributed by atoms with Crippen LogP contribution in [0.1, 0.15) is 19.8 Å². The van der Waals surface area contributed by atoms with Gasteiger partial charge in [-0.3, -0.25) is 0 Å². The molecule has 0 aliphatic carbocycles. The fourth-order valence-electron chi connectivity index (χ4n) is 0.652. The highest BCUT2D eigenvalue weighted by atomic mass is 32.2. The highest BCUT2D eigenvalue weighted by Crippen LogP contribution is 2.03. The quantitative estimate of drug-likeness (QED) is 0.571. The van der Waals surface area contributed by atoms with E-state index in [4.69, 9.17) is 10.5 Å². The molecule has 0 radical (unpaired) electrons. The van der Waals surface area contributed by atoms with Crippen molar-refractivity contribution in [2.75, 3.05) is 31.3 Å². The Morgan fingerprint density at radius 3 is 2.73 bits per heavy atom. The van der Waals surface area contributed by atoms with Crippen LogP contribution in [0.5, 0.6) is 0 Å². The van der Waals surface area contributed by atoms with E-state index in [0.29, 0.717) is 13.2 Å². The van der Waals surface area contributed by atoms with Crippen LogP contribution in [0, 0.1) is 0 Å². The van der Waals surface area contributed by atoms with E-state index >= 15 is 0 Å². The summed E-state index contributed by atoms with van der Waals surface area (Å²) in [4.78, 5) is 0. The van der Waals surface area contributed by atoms with Gasteiger partial charge in [0.15, 0.2) is 0 Å². The van der Waals surface area contributed by atoms with Gasteiger partial charge in [-0.05, 0) is 12.2 Å². The zero-order valence-corrected chi connectivity index (χ0v) is 8.16. The monoisotopic (exact) mass is 177 g/mol. The second kappa shape index (κ2) is 10.3. The van der Waals surface area contributed by atoms with Crippen molar-refractivity contribution in [3.05, 3.63) is 0 Å². The highest BCUT2D eigenvalue weighted by molar-refractivity contribution is 7.99. The van der Waals surface area contributed by atoms with Gasteiger partial charge in [0.25, 0.3) is 0 Å². The molecule has 2 N–H and O–H groups in total. The zero-order valence-electron chi connectivity index (χ0n) is 7.34. The summed E-state index contributed by atoms with van der Waals surface area (Å²) < 4.78 is 5.22. The van der Waals surface area contributed by atoms with E-state index in [1.54, 1.807) is 0 Å². The number of unbranched alkanes of at least 4 members (excludes halogenated alkanes) is 1. The number of ether oxygens (including phenoxy) is 1. The van der Waals surface area contributed by atoms with Crippen LogP contribution >= 0.6 is 11.8 Å². The molecule has 0 spiro atoms. The maximum Gasteiger partial charge on any atom is 0.0589 e. The van der Waals surface area contributed by atoms with Crippen molar-refractivity contribution in [1.29, 1.82) is 0 Å². The average molecular weight is 177 g/mol. The third kappa shape index (κ3) is 10.3. The number of nitrogens with two attached hydrogens (primary N) is 1. The van der Waals surface area contributed by atoms with Crippen molar-refractivity contribution in [3.63, 3.8) is 0 Å². The van der Waals surface area contributed by atoms with Gasteiger partial charge < -0.3 is 10.5 Å². The Balaban J connectivity index is 2.69. The average Bonchev–Trinajstić information content (AvgIpc) is 2.03. The predicted octanol–water partition coefficient (Wildman–Crippen LogP) is 1.49. The lowest BCUT2D eigenvalue weighted by Crippen LogP contribution is -2.09. The third-order valence-corrected chi connectivity index (χ3v) is 2.31. The molecule has 0 rings (SSSR count). The van der Waals surface area contributed by atoms with E-state index < -0.39 is 0 Å². The molecule has 0 amide bonds. The maximum atomic E-state index is 5.26. The van der Waals surface area contributed by atoms with Gasteiger partial charge in [0.1, 0.15) is 0 Å². The first kappa shape index (κ1) is 11.3. The summed E-state index contributed by atoms with van der Waals surface area (Å²) in [6.45, 7) is 4.41. The molecule has 68 valence electrons. The molecule has 0 aromatic heterocycles. The number of hydrogen-bond acceptors (Lipinski definition) is 3. The Bertz CT molecular complexity index is 63.1. The summed E-state index contributed by atoms with van der Waals surface area (Å²) in [5.41, 5.74) is 5.26. The Labute approximate surface area is 73.9 Å². The van der Waals surface area contributed by atoms with Crippen LogP contribution in [0.4, 0.5) is 0 Å². The van der Waals surface area contributed by atoms with E-state index in [1.807, 2.05) is 11.8 Å². The molecule has 0 atom stereocenters. The summed E-state index contributed by atoms with van der Waals surface area (Å²) >= 11 is 1.96. The van der Waals surface area contributed by atoms with Crippen LogP contribution in [0.3, 0.4) is 0 Å². The van der Waals surface area contributed by atoms with E-state index in [0.717, 1.165) is 12.4 Å². The number of thioether (sulfide) groups is 1. The Morgan fingerprint density at radius 1 is 1.27 bits per heavy atom. The smallest absolute Gasteiger partial charge is 0.0589 e. The SMILES string of the molecule is CCCCSCCOCCN. The van der Waals surface area contributed by atoms with E-state index in [1.165, 1.54) is 18.6 Å². The predicted molar refractivity (Wildman–Crippen MR) is 52.1 cm³/mol. The van der Waals surface area contributed by atoms with Gasteiger partial charge in [0.2, 0.25) is 0 Å². The van der Waals surface area contributed by atoms with Gasteiger partial charge in [-0.25, -0.2) is 0 Å². The van der Waals surface area contributed by atoms with E-state index in [2.05, 4.69) is 6.92 Å². The van der Waals surface area contributed by atoms with Gasteiger partial charge in [-0.15, -0.1) is 0 Å². The highest BCUT2D eigenvalue weighted by Gasteiger charge is 1.88. The summed E-state index contributed by atoms with van der Waals surface area (Å²) in [5.74, 6) is 2.38. The van der Waals surface area contributed by atoms with Gasteiger partial charge >= 0.3 is 0 Å². The molecular weight excluding hydrogens is 158 g/mol. The molecule has 0 aliphatic heterocycles. The van der Waals surface area contributed by atoms with E-state index in [9.17, 15) is 0 Å². The lowest BCUT2D eigenvalue weighted by molar-refractivity contribution is 0.158. The lowest BCUT2D eigenvalue weighted by atomic mass is 10.4. The normalized spacial score (nSPS) is 10.4. The molecule has 3 heteroatoms. The molecule has 0 saturated carbocycles. The molecule has 0 bridgehead atoms. The summed E-state index contributed by atoms with van der Waals surface area (Å²) in [5, 5.41) is 0. The molecule has 0 aromatic carbocycles. The van der Waals surface area contributed by atoms with Crippen LogP contribution in [0.2, 0.25) is 0 Å². The van der Waals surface area contributed by atoms with Crippen molar-refractivity contribution in [2.45, 2.75) is 19.8 Å². The van der Waals surface area contributed by atoms with Crippen LogP contribution in [-0.4, -0.2) is 31.3 Å². The number of rotatable bonds is 8. The van der Waals surface area contributed by atoms with Crippen molar-refractivity contribution in [2.24, 2.45) is 5.73 Å². The Morgan fingerprint density at radius 2 is 2.09 bits per heavy atom. The van der Waals surface area contributed by atoms with Crippen LogP contribution < -0.4 is 5.73 Å². The standard InChI is InChI=1S/C8H19NOS/c1-2-3-7-11-8-6-10-5-4-9/h2-9H2,1H3. The molecule has 0 heterocycles. The minimum atomic E-state index is 0.639. The van der Waals surface area contributed by atoms with Gasteiger partial charge in [0.05, 0.1) is 13.2 Å². The van der Waals surface area contributed by atoms with Gasteiger partial charge in [-0.1, -0.05) is 13.3 Å². The lowest BCUT2D eigenvalue weighted by Gasteiger charge is -2.01. The minimum absolute atomic E-state index is 0.639. The molecule has 0 aromatic rings. The molecule has 0 fully saturated rings. The topological polar surface area (TPSA) is 35.2 Å². The van der Waals surface area contributed by atoms with Crippen molar-refractivity contribution in [3.8, 4) is 0 Å². The molecule has 2 nitrogen and oxygen atoms in total. The minimum Gasteiger partial charge on any atom is -0.379 e. The van der Waals surface area contributed by atoms with E-state index in [-0.39, 0.29) is 0 Å². The van der Waals surface area contributed by atoms with Crippen molar-refractivity contribution >= 4 is 11.8 Å². The first-order valence-electron chi connectivity index (χ1n) is 4.27. The second-order valence-electron chi connectivity index (χ2n) is 2.37. The van der Waals surface area contributed by atoms with Crippen molar-refractivity contribution < 1.29 is 4.74 Å². The Hall–Kier alpha value is 0.270. The van der Waals surface area contributed by atoms with Crippen molar-refractivity contribution in [1.82, 2.24) is 0 Å². The van der Waals surface area contributed by atoms with Crippen LogP contribution in [0.25, 0.3) is 0 Å². The Kier molecular flexibility index (Phi) is 10.5. The summed E-state index contributed by atoms with van der Waals surface area (Å²) in [6.07, 6.45) is 2.61. The fourth-order valence-corrected chi connectivity index (χ4v) is 1.58. The molecule has 0 aliphatic rings. The molecular formula is C8H19NOS. The first-order valence-corrected chi connectivity index (χ1v) is 5.42. The second-order valence-corrected chi connectivity index (χ2v) is 3.59. The largest absolute Gasteiger partial charge is 0.379 e. The van der Waals surface area contributed by atoms with Gasteiger partial charge in [0, 0.05) is 12.3 Å². The van der Waals surface area contributed by atoms with Gasteiger partial charge in [-0.2, -0.15) is 11.8 Å². The fraction of sp³-hybridized carbons (Fsp3) is 1.00. The molecule has 11 heavy (non-hydrogen) atoms. The molecule has 0 saturated heterocycles. The number of hydrogen-bond donors (Lipinski definition) is 1. The third-order valence-electron chi connectivity index (χ3n) is 1.28. The summed E-state index contributed by atoms with van der Waals surface area (Å²) in [7, 11) is 0. The first-order chi connectivity index (χ1) is 5.41. The van der Waals surface area contributed by atoms with Crippen LogP contribution in [-0.2, 0) is 4.74 Å². The van der Waals surface area contributed by atoms with Crippen LogP contribution in [0.15, 0.2) is 0 Å². The zero-order chi connectivity index (χ0) is 8.36.